The van der Waals surface area contributed by atoms with Crippen molar-refractivity contribution in [3.8, 4) is 5.75 Å². The molecule has 1 aliphatic carbocycles. The molecule has 1 aliphatic rings. The second kappa shape index (κ2) is 6.43. The van der Waals surface area contributed by atoms with Crippen molar-refractivity contribution in [2.75, 3.05) is 6.61 Å². The highest BCUT2D eigenvalue weighted by atomic mass is 16.5. The molecule has 18 heavy (non-hydrogen) atoms. The lowest BCUT2D eigenvalue weighted by atomic mass is 10.1. The van der Waals surface area contributed by atoms with E-state index in [1.165, 1.54) is 12.8 Å². The molecule has 2 rings (SSSR count). The first-order valence-electron chi connectivity index (χ1n) is 6.83. The molecule has 1 aromatic rings. The minimum absolute atomic E-state index is 0.0314. The highest BCUT2D eigenvalue weighted by Crippen LogP contribution is 2.18. The SMILES string of the molecule is CCCOc1ccc(C(=O)NC2CCCC2)cc1. The van der Waals surface area contributed by atoms with Crippen molar-refractivity contribution in [3.05, 3.63) is 29.8 Å². The Kier molecular flexibility index (Phi) is 4.62. The van der Waals surface area contributed by atoms with Gasteiger partial charge < -0.3 is 10.1 Å². The molecule has 98 valence electrons. The zero-order valence-corrected chi connectivity index (χ0v) is 10.9. The fraction of sp³-hybridized carbons (Fsp3) is 0.533. The molecule has 0 saturated heterocycles. The van der Waals surface area contributed by atoms with Crippen molar-refractivity contribution < 1.29 is 9.53 Å². The first-order chi connectivity index (χ1) is 8.79. The van der Waals surface area contributed by atoms with Crippen LogP contribution in [0.5, 0.6) is 5.75 Å². The van der Waals surface area contributed by atoms with Gasteiger partial charge in [0.05, 0.1) is 6.61 Å². The van der Waals surface area contributed by atoms with E-state index in [0.29, 0.717) is 18.2 Å². The quantitative estimate of drug-likeness (QED) is 0.868. The summed E-state index contributed by atoms with van der Waals surface area (Å²) in [4.78, 5) is 12.0. The monoisotopic (exact) mass is 247 g/mol. The molecule has 0 radical (unpaired) electrons. The molecule has 0 aliphatic heterocycles. The van der Waals surface area contributed by atoms with Gasteiger partial charge in [-0.1, -0.05) is 19.8 Å². The third-order valence-electron chi connectivity index (χ3n) is 3.28. The number of nitrogens with one attached hydrogen (secondary N) is 1. The summed E-state index contributed by atoms with van der Waals surface area (Å²) in [5.41, 5.74) is 0.714. The minimum Gasteiger partial charge on any atom is -0.494 e. The van der Waals surface area contributed by atoms with Crippen LogP contribution in [0.3, 0.4) is 0 Å². The van der Waals surface area contributed by atoms with Gasteiger partial charge in [-0.15, -0.1) is 0 Å². The maximum absolute atomic E-state index is 12.0. The topological polar surface area (TPSA) is 38.3 Å². The summed E-state index contributed by atoms with van der Waals surface area (Å²) in [6.07, 6.45) is 5.68. The Bertz CT molecular complexity index is 380. The predicted molar refractivity (Wildman–Crippen MR) is 72.0 cm³/mol. The van der Waals surface area contributed by atoms with Gasteiger partial charge in [-0.3, -0.25) is 4.79 Å². The van der Waals surface area contributed by atoms with E-state index in [1.807, 2.05) is 24.3 Å². The van der Waals surface area contributed by atoms with Crippen LogP contribution >= 0.6 is 0 Å². The van der Waals surface area contributed by atoms with E-state index in [2.05, 4.69) is 12.2 Å². The van der Waals surface area contributed by atoms with Crippen molar-refractivity contribution in [1.29, 1.82) is 0 Å². The van der Waals surface area contributed by atoms with E-state index in [1.54, 1.807) is 0 Å². The summed E-state index contributed by atoms with van der Waals surface area (Å²) >= 11 is 0. The van der Waals surface area contributed by atoms with Gasteiger partial charge in [0.15, 0.2) is 0 Å². The molecule has 0 bridgehead atoms. The van der Waals surface area contributed by atoms with E-state index in [9.17, 15) is 4.79 Å². The van der Waals surface area contributed by atoms with Gasteiger partial charge in [-0.2, -0.15) is 0 Å². The second-order valence-corrected chi connectivity index (χ2v) is 4.83. The Labute approximate surface area is 109 Å². The highest BCUT2D eigenvalue weighted by molar-refractivity contribution is 5.94. The van der Waals surface area contributed by atoms with Crippen LogP contribution in [0.2, 0.25) is 0 Å². The number of hydrogen-bond donors (Lipinski definition) is 1. The van der Waals surface area contributed by atoms with Crippen molar-refractivity contribution in [2.24, 2.45) is 0 Å². The summed E-state index contributed by atoms with van der Waals surface area (Å²) in [5.74, 6) is 0.859. The van der Waals surface area contributed by atoms with Crippen LogP contribution in [0, 0.1) is 0 Å². The lowest BCUT2D eigenvalue weighted by Gasteiger charge is -2.12. The Morgan fingerprint density at radius 3 is 2.56 bits per heavy atom. The smallest absolute Gasteiger partial charge is 0.251 e. The van der Waals surface area contributed by atoms with E-state index >= 15 is 0 Å². The van der Waals surface area contributed by atoms with Gasteiger partial charge >= 0.3 is 0 Å². The average Bonchev–Trinajstić information content (AvgIpc) is 2.89. The molecule has 0 heterocycles. The first-order valence-corrected chi connectivity index (χ1v) is 6.83. The zero-order valence-electron chi connectivity index (χ0n) is 10.9. The Morgan fingerprint density at radius 1 is 1.28 bits per heavy atom. The number of amides is 1. The Hall–Kier alpha value is -1.51. The normalized spacial score (nSPS) is 15.6. The molecule has 0 spiro atoms. The van der Waals surface area contributed by atoms with Crippen LogP contribution in [-0.4, -0.2) is 18.6 Å². The summed E-state index contributed by atoms with van der Waals surface area (Å²) in [6, 6.07) is 7.75. The molecule has 0 aromatic heterocycles. The molecule has 3 nitrogen and oxygen atoms in total. The number of hydrogen-bond acceptors (Lipinski definition) is 2. The van der Waals surface area contributed by atoms with E-state index in [0.717, 1.165) is 25.0 Å². The van der Waals surface area contributed by atoms with Crippen LogP contribution < -0.4 is 10.1 Å². The maximum atomic E-state index is 12.0. The molecule has 1 fully saturated rings. The Balaban J connectivity index is 1.89. The van der Waals surface area contributed by atoms with Gasteiger partial charge in [0.1, 0.15) is 5.75 Å². The van der Waals surface area contributed by atoms with Crippen molar-refractivity contribution in [3.63, 3.8) is 0 Å². The average molecular weight is 247 g/mol. The first kappa shape index (κ1) is 12.9. The molecule has 1 aromatic carbocycles. The third kappa shape index (κ3) is 3.49. The minimum atomic E-state index is 0.0314. The molecule has 1 N–H and O–H groups in total. The van der Waals surface area contributed by atoms with E-state index in [-0.39, 0.29) is 5.91 Å². The summed E-state index contributed by atoms with van der Waals surface area (Å²) in [5, 5.41) is 3.08. The van der Waals surface area contributed by atoms with Crippen LogP contribution in [0.25, 0.3) is 0 Å². The van der Waals surface area contributed by atoms with Gasteiger partial charge in [0.25, 0.3) is 5.91 Å². The molecule has 3 heteroatoms. The number of rotatable bonds is 5. The second-order valence-electron chi connectivity index (χ2n) is 4.83. The fourth-order valence-electron chi connectivity index (χ4n) is 2.26. The number of ether oxygens (including phenoxy) is 1. The summed E-state index contributed by atoms with van der Waals surface area (Å²) in [7, 11) is 0. The standard InChI is InChI=1S/C15H21NO2/c1-2-11-18-14-9-7-12(8-10-14)15(17)16-13-5-3-4-6-13/h7-10,13H,2-6,11H2,1H3,(H,16,17). The van der Waals surface area contributed by atoms with Crippen LogP contribution in [-0.2, 0) is 0 Å². The highest BCUT2D eigenvalue weighted by Gasteiger charge is 2.17. The maximum Gasteiger partial charge on any atom is 0.251 e. The lowest BCUT2D eigenvalue weighted by Crippen LogP contribution is -2.32. The summed E-state index contributed by atoms with van der Waals surface area (Å²) in [6.45, 7) is 2.79. The third-order valence-corrected chi connectivity index (χ3v) is 3.28. The zero-order chi connectivity index (χ0) is 12.8. The molecule has 1 amide bonds. The van der Waals surface area contributed by atoms with Crippen molar-refractivity contribution in [2.45, 2.75) is 45.1 Å². The van der Waals surface area contributed by atoms with Crippen LogP contribution in [0.4, 0.5) is 0 Å². The lowest BCUT2D eigenvalue weighted by molar-refractivity contribution is 0.0938. The Morgan fingerprint density at radius 2 is 1.94 bits per heavy atom. The predicted octanol–water partition coefficient (Wildman–Crippen LogP) is 3.15. The van der Waals surface area contributed by atoms with Gasteiger partial charge in [0.2, 0.25) is 0 Å². The number of carbonyl (C=O) groups is 1. The van der Waals surface area contributed by atoms with Gasteiger partial charge in [0, 0.05) is 11.6 Å². The molecule has 1 saturated carbocycles. The molecular weight excluding hydrogens is 226 g/mol. The van der Waals surface area contributed by atoms with Gasteiger partial charge in [-0.25, -0.2) is 0 Å². The largest absolute Gasteiger partial charge is 0.494 e. The van der Waals surface area contributed by atoms with Crippen LogP contribution in [0.15, 0.2) is 24.3 Å². The van der Waals surface area contributed by atoms with Gasteiger partial charge in [-0.05, 0) is 43.5 Å². The van der Waals surface area contributed by atoms with Crippen LogP contribution in [0.1, 0.15) is 49.4 Å². The molecule has 0 unspecified atom stereocenters. The fourth-order valence-corrected chi connectivity index (χ4v) is 2.26. The van der Waals surface area contributed by atoms with Crippen molar-refractivity contribution >= 4 is 5.91 Å². The van der Waals surface area contributed by atoms with Crippen molar-refractivity contribution in [1.82, 2.24) is 5.32 Å². The van der Waals surface area contributed by atoms with E-state index in [4.69, 9.17) is 4.74 Å². The number of carbonyl (C=O) groups excluding carboxylic acids is 1. The summed E-state index contributed by atoms with van der Waals surface area (Å²) < 4.78 is 5.49. The number of benzene rings is 1. The van der Waals surface area contributed by atoms with E-state index < -0.39 is 0 Å². The molecule has 0 atom stereocenters. The molecular formula is C15H21NO2.